The first-order valence-electron chi connectivity index (χ1n) is 6.31. The molecule has 2 rings (SSSR count). The van der Waals surface area contributed by atoms with E-state index >= 15 is 0 Å². The molecule has 1 unspecified atom stereocenters. The van der Waals surface area contributed by atoms with Crippen LogP contribution in [-0.4, -0.2) is 12.9 Å². The second-order valence-electron chi connectivity index (χ2n) is 5.16. The van der Waals surface area contributed by atoms with Gasteiger partial charge in [-0.15, -0.1) is 0 Å². The third-order valence-corrected chi connectivity index (χ3v) is 3.37. The molecule has 0 heterocycles. The van der Waals surface area contributed by atoms with E-state index in [-0.39, 0.29) is 5.92 Å². The molecule has 1 aromatic rings. The molecule has 0 aromatic heterocycles. The van der Waals surface area contributed by atoms with Gasteiger partial charge in [0.15, 0.2) is 0 Å². The normalized spacial score (nSPS) is 16.6. The van der Waals surface area contributed by atoms with Gasteiger partial charge in [-0.3, -0.25) is 0 Å². The van der Waals surface area contributed by atoms with Gasteiger partial charge in [-0.25, -0.2) is 0 Å². The molecular formula is C15H20O2. The van der Waals surface area contributed by atoms with Gasteiger partial charge >= 0.3 is 0 Å². The van der Waals surface area contributed by atoms with Crippen molar-refractivity contribution < 1.29 is 9.53 Å². The summed E-state index contributed by atoms with van der Waals surface area (Å²) < 4.78 is 5.87. The van der Waals surface area contributed by atoms with Crippen LogP contribution in [-0.2, 0) is 4.79 Å². The molecule has 0 radical (unpaired) electrons. The maximum absolute atomic E-state index is 10.8. The van der Waals surface area contributed by atoms with E-state index in [0.29, 0.717) is 0 Å². The molecule has 17 heavy (non-hydrogen) atoms. The van der Waals surface area contributed by atoms with Crippen molar-refractivity contribution in [2.45, 2.75) is 39.5 Å². The topological polar surface area (TPSA) is 26.3 Å². The lowest BCUT2D eigenvalue weighted by molar-refractivity contribution is -0.108. The molecule has 0 N–H and O–H groups in total. The monoisotopic (exact) mass is 232 g/mol. The summed E-state index contributed by atoms with van der Waals surface area (Å²) in [5.74, 6) is 1.73. The summed E-state index contributed by atoms with van der Waals surface area (Å²) in [5, 5.41) is 0. The highest BCUT2D eigenvalue weighted by atomic mass is 16.5. The Labute approximate surface area is 103 Å². The first kappa shape index (κ1) is 12.2. The summed E-state index contributed by atoms with van der Waals surface area (Å²) in [7, 11) is 0. The molecule has 92 valence electrons. The van der Waals surface area contributed by atoms with E-state index in [1.165, 1.54) is 12.8 Å². The lowest BCUT2D eigenvalue weighted by atomic mass is 9.97. The number of aldehydes is 1. The quantitative estimate of drug-likeness (QED) is 0.727. The summed E-state index contributed by atoms with van der Waals surface area (Å²) in [4.78, 5) is 10.8. The standard InChI is InChI=1S/C15H20O2/c1-10-6-14(12(3)8-16)7-11(2)15(10)17-9-13-4-5-13/h6-8,12-13H,4-5,9H2,1-3H3. The Morgan fingerprint density at radius 1 is 1.35 bits per heavy atom. The fourth-order valence-corrected chi connectivity index (χ4v) is 2.04. The highest BCUT2D eigenvalue weighted by Crippen LogP contribution is 2.32. The summed E-state index contributed by atoms with van der Waals surface area (Å²) in [6, 6.07) is 4.13. The van der Waals surface area contributed by atoms with Gasteiger partial charge in [0.05, 0.1) is 6.61 Å². The molecule has 1 fully saturated rings. The second kappa shape index (κ2) is 4.91. The fourth-order valence-electron chi connectivity index (χ4n) is 2.04. The minimum absolute atomic E-state index is 0.0371. The van der Waals surface area contributed by atoms with Crippen molar-refractivity contribution in [1.82, 2.24) is 0 Å². The van der Waals surface area contributed by atoms with Crippen LogP contribution in [0.25, 0.3) is 0 Å². The molecule has 0 aliphatic heterocycles. The molecule has 1 aliphatic carbocycles. The van der Waals surface area contributed by atoms with E-state index in [9.17, 15) is 4.79 Å². The molecule has 1 aromatic carbocycles. The zero-order chi connectivity index (χ0) is 12.4. The van der Waals surface area contributed by atoms with Crippen LogP contribution in [0.2, 0.25) is 0 Å². The van der Waals surface area contributed by atoms with Gasteiger partial charge < -0.3 is 9.53 Å². The van der Waals surface area contributed by atoms with E-state index in [1.54, 1.807) is 0 Å². The molecule has 0 bridgehead atoms. The van der Waals surface area contributed by atoms with Crippen molar-refractivity contribution in [3.63, 3.8) is 0 Å². The molecule has 2 nitrogen and oxygen atoms in total. The Hall–Kier alpha value is -1.31. The van der Waals surface area contributed by atoms with E-state index in [1.807, 2.05) is 6.92 Å². The first-order valence-corrected chi connectivity index (χ1v) is 6.31. The van der Waals surface area contributed by atoms with Crippen LogP contribution < -0.4 is 4.74 Å². The summed E-state index contributed by atoms with van der Waals surface area (Å²) in [6.45, 7) is 6.86. The van der Waals surface area contributed by atoms with Crippen LogP contribution in [0.4, 0.5) is 0 Å². The van der Waals surface area contributed by atoms with Crippen molar-refractivity contribution in [1.29, 1.82) is 0 Å². The smallest absolute Gasteiger partial charge is 0.127 e. The number of rotatable bonds is 5. The van der Waals surface area contributed by atoms with Crippen LogP contribution in [0.5, 0.6) is 5.75 Å². The van der Waals surface area contributed by atoms with Crippen LogP contribution in [0.3, 0.4) is 0 Å². The van der Waals surface area contributed by atoms with Gasteiger partial charge in [0.1, 0.15) is 12.0 Å². The van der Waals surface area contributed by atoms with Crippen LogP contribution in [0.15, 0.2) is 12.1 Å². The van der Waals surface area contributed by atoms with Gasteiger partial charge in [-0.2, -0.15) is 0 Å². The Bertz CT molecular complexity index is 396. The Kier molecular flexibility index (Phi) is 3.51. The second-order valence-corrected chi connectivity index (χ2v) is 5.16. The van der Waals surface area contributed by atoms with Crippen LogP contribution >= 0.6 is 0 Å². The number of hydrogen-bond donors (Lipinski definition) is 0. The number of ether oxygens (including phenoxy) is 1. The van der Waals surface area contributed by atoms with Crippen LogP contribution in [0, 0.1) is 19.8 Å². The van der Waals surface area contributed by atoms with Crippen molar-refractivity contribution in [3.05, 3.63) is 28.8 Å². The van der Waals surface area contributed by atoms with Gasteiger partial charge in [0, 0.05) is 5.92 Å². The maximum atomic E-state index is 10.8. The van der Waals surface area contributed by atoms with Gasteiger partial charge in [-0.1, -0.05) is 19.1 Å². The zero-order valence-electron chi connectivity index (χ0n) is 10.8. The van der Waals surface area contributed by atoms with E-state index in [0.717, 1.165) is 41.3 Å². The predicted molar refractivity (Wildman–Crippen MR) is 68.6 cm³/mol. The Morgan fingerprint density at radius 2 is 1.94 bits per heavy atom. The minimum Gasteiger partial charge on any atom is -0.493 e. The summed E-state index contributed by atoms with van der Waals surface area (Å²) in [6.07, 6.45) is 3.59. The summed E-state index contributed by atoms with van der Waals surface area (Å²) in [5.41, 5.74) is 3.34. The molecular weight excluding hydrogens is 212 g/mol. The Morgan fingerprint density at radius 3 is 2.41 bits per heavy atom. The van der Waals surface area contributed by atoms with Crippen molar-refractivity contribution in [2.24, 2.45) is 5.92 Å². The van der Waals surface area contributed by atoms with E-state index in [2.05, 4.69) is 26.0 Å². The molecule has 2 heteroatoms. The van der Waals surface area contributed by atoms with Crippen molar-refractivity contribution in [3.8, 4) is 5.75 Å². The van der Waals surface area contributed by atoms with E-state index in [4.69, 9.17) is 4.74 Å². The third-order valence-electron chi connectivity index (χ3n) is 3.37. The Balaban J connectivity index is 2.18. The lowest BCUT2D eigenvalue weighted by Crippen LogP contribution is -2.04. The van der Waals surface area contributed by atoms with Gasteiger partial charge in [-0.05, 0) is 49.3 Å². The average molecular weight is 232 g/mol. The highest BCUT2D eigenvalue weighted by molar-refractivity contribution is 5.62. The number of aryl methyl sites for hydroxylation is 2. The molecule has 0 amide bonds. The molecule has 0 saturated heterocycles. The third kappa shape index (κ3) is 2.87. The lowest BCUT2D eigenvalue weighted by Gasteiger charge is -2.15. The average Bonchev–Trinajstić information content (AvgIpc) is 3.10. The largest absolute Gasteiger partial charge is 0.493 e. The fraction of sp³-hybridized carbons (Fsp3) is 0.533. The highest BCUT2D eigenvalue weighted by Gasteiger charge is 2.22. The van der Waals surface area contributed by atoms with Gasteiger partial charge in [0.25, 0.3) is 0 Å². The first-order chi connectivity index (χ1) is 8.11. The molecule has 1 aliphatic rings. The molecule has 1 saturated carbocycles. The van der Waals surface area contributed by atoms with Crippen LogP contribution in [0.1, 0.15) is 42.4 Å². The molecule has 1 atom stereocenters. The SMILES string of the molecule is Cc1cc(C(C)C=O)cc(C)c1OCC1CC1. The molecule has 0 spiro atoms. The number of carbonyl (C=O) groups excluding carboxylic acids is 1. The zero-order valence-corrected chi connectivity index (χ0v) is 10.8. The number of hydrogen-bond acceptors (Lipinski definition) is 2. The number of benzene rings is 1. The summed E-state index contributed by atoms with van der Waals surface area (Å²) >= 11 is 0. The van der Waals surface area contributed by atoms with Crippen molar-refractivity contribution in [2.75, 3.05) is 6.61 Å². The number of carbonyl (C=O) groups is 1. The predicted octanol–water partition coefficient (Wildman–Crippen LogP) is 3.39. The van der Waals surface area contributed by atoms with Crippen molar-refractivity contribution >= 4 is 6.29 Å². The minimum atomic E-state index is -0.0371. The van der Waals surface area contributed by atoms with E-state index < -0.39 is 0 Å². The van der Waals surface area contributed by atoms with Gasteiger partial charge in [0.2, 0.25) is 0 Å². The maximum Gasteiger partial charge on any atom is 0.127 e.